The molecule has 0 N–H and O–H groups in total. The summed E-state index contributed by atoms with van der Waals surface area (Å²) in [6.45, 7) is 6.94. The van der Waals surface area contributed by atoms with Crippen LogP contribution in [-0.4, -0.2) is 67.1 Å². The highest BCUT2D eigenvalue weighted by atomic mass is 19.3. The Morgan fingerprint density at radius 3 is 2.39 bits per heavy atom. The molecule has 0 aromatic heterocycles. The minimum atomic E-state index is -3.23. The maximum absolute atomic E-state index is 14.5. The molecule has 2 aliphatic rings. The van der Waals surface area contributed by atoms with Crippen LogP contribution in [0.1, 0.15) is 35.2 Å². The molecular formula is C26H27F2N3O5. The smallest absolute Gasteiger partial charge is 0.300 e. The number of methoxy groups -OCH3 is 2. The monoisotopic (exact) mass is 499 g/mol. The summed E-state index contributed by atoms with van der Waals surface area (Å²) in [6.07, 6.45) is -0.365. The molecule has 2 aromatic carbocycles. The van der Waals surface area contributed by atoms with Gasteiger partial charge in [-0.2, -0.15) is 0 Å². The van der Waals surface area contributed by atoms with Gasteiger partial charge in [0, 0.05) is 24.9 Å². The zero-order chi connectivity index (χ0) is 25.9. The van der Waals surface area contributed by atoms with Gasteiger partial charge in [-0.15, -0.1) is 0 Å². The van der Waals surface area contributed by atoms with E-state index in [1.807, 2.05) is 30.3 Å². The highest BCUT2D eigenvalue weighted by Crippen LogP contribution is 2.41. The van der Waals surface area contributed by atoms with Crippen LogP contribution in [0.15, 0.2) is 42.5 Å². The van der Waals surface area contributed by atoms with Crippen molar-refractivity contribution in [2.75, 3.05) is 27.3 Å². The summed E-state index contributed by atoms with van der Waals surface area (Å²) in [7, 11) is 2.79. The lowest BCUT2D eigenvalue weighted by Crippen LogP contribution is -2.48. The molecule has 4 rings (SSSR count). The Hall–Kier alpha value is -3.87. The number of hydrogen-bond donors (Lipinski definition) is 0. The molecule has 0 aliphatic carbocycles. The lowest BCUT2D eigenvalue weighted by molar-refractivity contribution is -0.135. The van der Waals surface area contributed by atoms with E-state index in [9.17, 15) is 18.4 Å². The number of rotatable bonds is 7. The van der Waals surface area contributed by atoms with Gasteiger partial charge in [0.05, 0.1) is 20.8 Å². The van der Waals surface area contributed by atoms with Crippen molar-refractivity contribution in [1.82, 2.24) is 9.80 Å². The molecule has 190 valence electrons. The third-order valence-electron chi connectivity index (χ3n) is 6.40. The van der Waals surface area contributed by atoms with Gasteiger partial charge in [0.2, 0.25) is 5.75 Å². The lowest BCUT2D eigenvalue weighted by Gasteiger charge is -2.27. The van der Waals surface area contributed by atoms with Crippen LogP contribution < -0.4 is 14.2 Å². The van der Waals surface area contributed by atoms with Crippen molar-refractivity contribution in [3.8, 4) is 17.2 Å². The largest absolute Gasteiger partial charge is 0.493 e. The lowest BCUT2D eigenvalue weighted by atomic mass is 10.1. The number of carbonyl (C=O) groups excluding carboxylic acids is 2. The maximum Gasteiger partial charge on any atom is 0.300 e. The van der Waals surface area contributed by atoms with E-state index in [0.29, 0.717) is 19.4 Å². The number of benzene rings is 2. The van der Waals surface area contributed by atoms with E-state index in [1.54, 1.807) is 0 Å². The Balaban J connectivity index is 1.61. The van der Waals surface area contributed by atoms with Gasteiger partial charge in [-0.25, -0.2) is 15.4 Å². The van der Waals surface area contributed by atoms with Gasteiger partial charge in [-0.3, -0.25) is 19.3 Å². The van der Waals surface area contributed by atoms with Crippen molar-refractivity contribution < 1.29 is 32.6 Å². The number of alkyl halides is 2. The fraction of sp³-hybridized carbons (Fsp3) is 0.423. The Labute approximate surface area is 208 Å². The molecule has 2 aromatic rings. The van der Waals surface area contributed by atoms with Gasteiger partial charge in [0.25, 0.3) is 17.7 Å². The Morgan fingerprint density at radius 2 is 1.78 bits per heavy atom. The third-order valence-corrected chi connectivity index (χ3v) is 6.40. The first-order valence-electron chi connectivity index (χ1n) is 11.6. The number of ether oxygens (including phenoxy) is 3. The van der Waals surface area contributed by atoms with Crippen LogP contribution in [0.4, 0.5) is 8.78 Å². The van der Waals surface area contributed by atoms with Crippen LogP contribution in [-0.2, 0) is 11.4 Å². The number of carbonyl (C=O) groups is 2. The van der Waals surface area contributed by atoms with Crippen LogP contribution >= 0.6 is 0 Å². The predicted molar refractivity (Wildman–Crippen MR) is 126 cm³/mol. The summed E-state index contributed by atoms with van der Waals surface area (Å²) < 4.78 is 45.7. The van der Waals surface area contributed by atoms with E-state index in [4.69, 9.17) is 20.8 Å². The van der Waals surface area contributed by atoms with Crippen LogP contribution in [0.25, 0.3) is 4.85 Å². The van der Waals surface area contributed by atoms with Gasteiger partial charge in [-0.1, -0.05) is 30.3 Å². The average Bonchev–Trinajstić information content (AvgIpc) is 3.50. The van der Waals surface area contributed by atoms with Gasteiger partial charge in [0.15, 0.2) is 11.5 Å². The number of halogens is 2. The van der Waals surface area contributed by atoms with Crippen LogP contribution in [0.2, 0.25) is 0 Å². The molecule has 0 unspecified atom stereocenters. The van der Waals surface area contributed by atoms with E-state index in [2.05, 4.69) is 4.85 Å². The summed E-state index contributed by atoms with van der Waals surface area (Å²) >= 11 is 0. The molecule has 36 heavy (non-hydrogen) atoms. The quantitative estimate of drug-likeness (QED) is 0.539. The maximum atomic E-state index is 14.5. The number of hydrogen-bond acceptors (Lipinski definition) is 5. The molecular weight excluding hydrogens is 472 g/mol. The zero-order valence-corrected chi connectivity index (χ0v) is 20.1. The number of amides is 2. The highest BCUT2D eigenvalue weighted by molar-refractivity contribution is 5.99. The summed E-state index contributed by atoms with van der Waals surface area (Å²) in [5.41, 5.74) is 0.927. The van der Waals surface area contributed by atoms with Crippen molar-refractivity contribution in [3.63, 3.8) is 0 Å². The van der Waals surface area contributed by atoms with Crippen molar-refractivity contribution in [2.24, 2.45) is 0 Å². The molecule has 2 atom stereocenters. The first-order valence-corrected chi connectivity index (χ1v) is 11.6. The van der Waals surface area contributed by atoms with Gasteiger partial charge < -0.3 is 19.1 Å². The molecule has 2 heterocycles. The van der Waals surface area contributed by atoms with Crippen LogP contribution in [0.5, 0.6) is 17.2 Å². The molecule has 8 nitrogen and oxygen atoms in total. The minimum Gasteiger partial charge on any atom is -0.493 e. The molecule has 0 spiro atoms. The van der Waals surface area contributed by atoms with Gasteiger partial charge in [0.1, 0.15) is 12.6 Å². The number of nitrogens with zero attached hydrogens (tertiary/aromatic N) is 3. The van der Waals surface area contributed by atoms with Crippen molar-refractivity contribution >= 4 is 11.8 Å². The molecule has 0 bridgehead atoms. The topological polar surface area (TPSA) is 72.7 Å². The van der Waals surface area contributed by atoms with Crippen molar-refractivity contribution in [3.05, 3.63) is 65.0 Å². The minimum absolute atomic E-state index is 0.0226. The summed E-state index contributed by atoms with van der Waals surface area (Å²) in [4.78, 5) is 32.2. The normalized spacial score (nSPS) is 20.6. The predicted octanol–water partition coefficient (Wildman–Crippen LogP) is 4.00. The fourth-order valence-corrected chi connectivity index (χ4v) is 4.62. The second-order valence-electron chi connectivity index (χ2n) is 8.78. The summed E-state index contributed by atoms with van der Waals surface area (Å²) in [5.74, 6) is -3.96. The van der Waals surface area contributed by atoms with Crippen LogP contribution in [0.3, 0.4) is 0 Å². The van der Waals surface area contributed by atoms with E-state index in [0.717, 1.165) is 10.5 Å². The van der Waals surface area contributed by atoms with Crippen LogP contribution in [0, 0.1) is 6.57 Å². The van der Waals surface area contributed by atoms with E-state index >= 15 is 0 Å². The number of likely N-dealkylation sites (tertiary alicyclic amines) is 2. The van der Waals surface area contributed by atoms with E-state index in [-0.39, 0.29) is 29.4 Å². The first-order chi connectivity index (χ1) is 17.3. The Bertz CT molecular complexity index is 1140. The zero-order valence-electron chi connectivity index (χ0n) is 20.1. The second kappa shape index (κ2) is 10.4. The molecule has 2 fully saturated rings. The molecule has 0 radical (unpaired) electrons. The molecule has 2 saturated heterocycles. The Kier molecular flexibility index (Phi) is 7.29. The van der Waals surface area contributed by atoms with Crippen molar-refractivity contribution in [1.29, 1.82) is 0 Å². The van der Waals surface area contributed by atoms with E-state index < -0.39 is 42.9 Å². The standard InChI is InChI=1S/C26H27F2N3O5/c1-29-22-10-7-11-30(22)25(33)19-14-26(27,28)16-31(19)24(32)18-12-20(34-2)23(21(13-18)35-3)36-15-17-8-5-4-6-9-17/h4-6,8-9,12-13,19,22H,7,10-11,14-16H2,2-3H3/t19-,22-/m0/s1. The third kappa shape index (κ3) is 5.05. The summed E-state index contributed by atoms with van der Waals surface area (Å²) in [6, 6.07) is 10.8. The van der Waals surface area contributed by atoms with Gasteiger partial charge >= 0.3 is 6.17 Å². The highest BCUT2D eigenvalue weighted by Gasteiger charge is 2.52. The molecule has 2 amide bonds. The Morgan fingerprint density at radius 1 is 1.11 bits per heavy atom. The second-order valence-corrected chi connectivity index (χ2v) is 8.78. The fourth-order valence-electron chi connectivity index (χ4n) is 4.62. The average molecular weight is 500 g/mol. The SMILES string of the molecule is [C-]#[N+][C@@H]1CCCN1C(=O)[C@@H]1CC(F)(F)CN1C(=O)c1cc(OC)c(OCc2ccccc2)c(OC)c1. The molecule has 0 saturated carbocycles. The first kappa shape index (κ1) is 25.2. The molecule has 2 aliphatic heterocycles. The van der Waals surface area contributed by atoms with Crippen molar-refractivity contribution in [2.45, 2.75) is 44.0 Å². The summed E-state index contributed by atoms with van der Waals surface area (Å²) in [5, 5.41) is 0. The molecule has 10 heteroatoms. The van der Waals surface area contributed by atoms with E-state index in [1.165, 1.54) is 31.3 Å². The van der Waals surface area contributed by atoms with Gasteiger partial charge in [-0.05, 0) is 24.1 Å².